The van der Waals surface area contributed by atoms with Crippen molar-refractivity contribution in [2.45, 2.75) is 51.2 Å². The first kappa shape index (κ1) is 36.0. The predicted octanol–water partition coefficient (Wildman–Crippen LogP) is 3.01. The first-order valence-corrected chi connectivity index (χ1v) is 16.5. The van der Waals surface area contributed by atoms with E-state index in [0.717, 1.165) is 12.1 Å². The van der Waals surface area contributed by atoms with E-state index in [2.05, 4.69) is 10.3 Å². The van der Waals surface area contributed by atoms with Crippen molar-refractivity contribution in [2.24, 2.45) is 11.3 Å². The summed E-state index contributed by atoms with van der Waals surface area (Å²) >= 11 is 0. The fourth-order valence-corrected chi connectivity index (χ4v) is 6.83. The average Bonchev–Trinajstić information content (AvgIpc) is 3.86. The Labute approximate surface area is 293 Å². The second-order valence-electron chi connectivity index (χ2n) is 13.3. The summed E-state index contributed by atoms with van der Waals surface area (Å²) in [5.74, 6) is -8.23. The number of nitrogens with one attached hydrogen (secondary N) is 1. The van der Waals surface area contributed by atoms with Crippen LogP contribution in [0.1, 0.15) is 55.4 Å². The number of halogens is 2. The molecule has 16 nitrogen and oxygen atoms in total. The fourth-order valence-electron chi connectivity index (χ4n) is 6.83. The van der Waals surface area contributed by atoms with Crippen molar-refractivity contribution in [1.29, 1.82) is 0 Å². The number of benzene rings is 1. The number of hydrogen-bond acceptors (Lipinski definition) is 10. The maximum Gasteiger partial charge on any atom is 0.414 e. The summed E-state index contributed by atoms with van der Waals surface area (Å²) in [5, 5.41) is 31.6. The predicted molar refractivity (Wildman–Crippen MR) is 177 cm³/mol. The number of nitrogens with zero attached hydrogens (tertiary/aromatic N) is 4. The molecule has 4 heterocycles. The number of aliphatic carboxylic acids is 2. The van der Waals surface area contributed by atoms with Gasteiger partial charge in [-0.1, -0.05) is 0 Å². The molecular weight excluding hydrogens is 692 g/mol. The molecule has 2 saturated heterocycles. The van der Waals surface area contributed by atoms with Crippen LogP contribution in [-0.4, -0.2) is 93.7 Å². The van der Waals surface area contributed by atoms with Gasteiger partial charge in [-0.05, 0) is 43.9 Å². The normalized spacial score (nSPS) is 18.9. The lowest BCUT2D eigenvalue weighted by Gasteiger charge is -2.44. The van der Waals surface area contributed by atoms with Crippen LogP contribution >= 0.6 is 0 Å². The minimum absolute atomic E-state index is 0.0127. The highest BCUT2D eigenvalue weighted by Crippen LogP contribution is 2.44. The zero-order valence-electron chi connectivity index (χ0n) is 27.8. The summed E-state index contributed by atoms with van der Waals surface area (Å²) in [4.78, 5) is 79.7. The third-order valence-corrected chi connectivity index (χ3v) is 9.78. The number of piperidine rings is 1. The van der Waals surface area contributed by atoms with Gasteiger partial charge in [-0.25, -0.2) is 23.4 Å². The number of anilines is 2. The van der Waals surface area contributed by atoms with Crippen molar-refractivity contribution in [1.82, 2.24) is 14.9 Å². The Morgan fingerprint density at radius 3 is 2.38 bits per heavy atom. The number of ether oxygens (including phenoxy) is 2. The number of carboxylic acid groups (broad SMARTS) is 3. The number of cyclic esters (lactones) is 1. The maximum atomic E-state index is 15.6. The molecule has 4 N–H and O–H groups in total. The molecule has 1 unspecified atom stereocenters. The van der Waals surface area contributed by atoms with E-state index in [0.29, 0.717) is 12.8 Å². The van der Waals surface area contributed by atoms with Gasteiger partial charge in [0.05, 0.1) is 43.1 Å². The molecule has 1 aliphatic carbocycles. The van der Waals surface area contributed by atoms with Crippen LogP contribution in [0.2, 0.25) is 0 Å². The molecule has 52 heavy (non-hydrogen) atoms. The molecule has 3 aliphatic rings. The molecule has 2 amide bonds. The summed E-state index contributed by atoms with van der Waals surface area (Å²) in [5.41, 5.74) is -2.49. The Bertz CT molecular complexity index is 2030. The third-order valence-electron chi connectivity index (χ3n) is 9.78. The van der Waals surface area contributed by atoms with E-state index in [1.165, 1.54) is 35.1 Å². The molecule has 2 aliphatic heterocycles. The van der Waals surface area contributed by atoms with Crippen LogP contribution in [0.25, 0.3) is 11.0 Å². The van der Waals surface area contributed by atoms with Gasteiger partial charge < -0.3 is 39.6 Å². The topological polar surface area (TPSA) is 218 Å². The molecular formula is C34H35F2N5O11. The van der Waals surface area contributed by atoms with E-state index in [-0.39, 0.29) is 79.3 Å². The number of rotatable bonds is 13. The molecule has 3 aromatic rings. The van der Waals surface area contributed by atoms with E-state index in [4.69, 9.17) is 9.47 Å². The Morgan fingerprint density at radius 2 is 1.79 bits per heavy atom. The Kier molecular flexibility index (Phi) is 9.74. The van der Waals surface area contributed by atoms with Crippen LogP contribution < -0.4 is 25.3 Å². The number of fused-ring (bicyclic) bond motifs is 1. The Morgan fingerprint density at radius 1 is 1.08 bits per heavy atom. The highest BCUT2D eigenvalue weighted by Gasteiger charge is 2.48. The smallest absolute Gasteiger partial charge is 0.414 e. The summed E-state index contributed by atoms with van der Waals surface area (Å²) in [7, 11) is 0. The van der Waals surface area contributed by atoms with Crippen molar-refractivity contribution in [3.8, 4) is 5.75 Å². The van der Waals surface area contributed by atoms with Gasteiger partial charge in [-0.2, -0.15) is 0 Å². The zero-order chi connectivity index (χ0) is 37.5. The zero-order valence-corrected chi connectivity index (χ0v) is 27.8. The van der Waals surface area contributed by atoms with E-state index >= 15 is 8.78 Å². The van der Waals surface area contributed by atoms with Gasteiger partial charge >= 0.3 is 24.0 Å². The standard InChI is InChI=1S/C34H35F2N5O11/c1-17(42)37-13-20-14-41(33(50)52-20)19-4-5-26(24(35)10-19)51-16-34(23(32(48)49)12-27(43)44)6-8-39(9-7-34)30-25(36)11-21-28(45)22(31(46)47)15-40(18-2-3-18)29(21)38-30/h4-5,10-11,15,18,20,23H,2-3,6-9,12-14,16H2,1H3,(H,37,42)(H,43,44)(H,46,47)(H,48,49)/t20-,23?/m0/s1. The SMILES string of the molecule is CC(=O)NC[C@H]1CN(c2ccc(OCC3(C(CC(=O)O)C(=O)O)CCN(c4nc5c(cc4F)c(=O)c(C(=O)O)cn5C4CC4)CC3)c(F)c2)C(=O)O1. The Balaban J connectivity index is 1.23. The van der Waals surface area contributed by atoms with Gasteiger partial charge in [0, 0.05) is 43.7 Å². The van der Waals surface area contributed by atoms with E-state index in [1.807, 2.05) is 0 Å². The van der Waals surface area contributed by atoms with Crippen molar-refractivity contribution in [2.75, 3.05) is 42.6 Å². The molecule has 0 radical (unpaired) electrons. The van der Waals surface area contributed by atoms with Gasteiger partial charge in [0.2, 0.25) is 11.3 Å². The first-order chi connectivity index (χ1) is 24.7. The highest BCUT2D eigenvalue weighted by molar-refractivity contribution is 5.92. The molecule has 1 saturated carbocycles. The second-order valence-corrected chi connectivity index (χ2v) is 13.3. The molecule has 1 aromatic carbocycles. The summed E-state index contributed by atoms with van der Waals surface area (Å²) < 4.78 is 43.6. The quantitative estimate of drug-likeness (QED) is 0.199. The maximum absolute atomic E-state index is 15.6. The van der Waals surface area contributed by atoms with Crippen LogP contribution in [0.5, 0.6) is 5.75 Å². The largest absolute Gasteiger partial charge is 0.490 e. The van der Waals surface area contributed by atoms with Gasteiger partial charge in [0.25, 0.3) is 0 Å². The Hall–Kier alpha value is -5.81. The summed E-state index contributed by atoms with van der Waals surface area (Å²) in [6.45, 7) is 0.984. The fraction of sp³-hybridized carbons (Fsp3) is 0.441. The number of aromatic nitrogens is 2. The van der Waals surface area contributed by atoms with Gasteiger partial charge in [-0.3, -0.25) is 24.1 Å². The summed E-state index contributed by atoms with van der Waals surface area (Å²) in [6, 6.07) is 4.51. The lowest BCUT2D eigenvalue weighted by Crippen LogP contribution is -2.50. The van der Waals surface area contributed by atoms with Crippen molar-refractivity contribution in [3.63, 3.8) is 0 Å². The lowest BCUT2D eigenvalue weighted by molar-refractivity contribution is -0.155. The van der Waals surface area contributed by atoms with Crippen LogP contribution in [0.4, 0.5) is 25.1 Å². The molecule has 6 rings (SSSR count). The lowest BCUT2D eigenvalue weighted by atomic mass is 9.67. The molecule has 18 heteroatoms. The minimum Gasteiger partial charge on any atom is -0.490 e. The number of amides is 2. The monoisotopic (exact) mass is 727 g/mol. The number of carbonyl (C=O) groups excluding carboxylic acids is 2. The molecule has 2 aromatic heterocycles. The minimum atomic E-state index is -1.47. The molecule has 0 spiro atoms. The van der Waals surface area contributed by atoms with Gasteiger partial charge in [-0.15, -0.1) is 0 Å². The highest BCUT2D eigenvalue weighted by atomic mass is 19.1. The molecule has 276 valence electrons. The van der Waals surface area contributed by atoms with Crippen LogP contribution in [0.3, 0.4) is 0 Å². The molecule has 0 bridgehead atoms. The molecule has 2 atom stereocenters. The van der Waals surface area contributed by atoms with Crippen LogP contribution in [-0.2, 0) is 19.1 Å². The third kappa shape index (κ3) is 7.17. The van der Waals surface area contributed by atoms with E-state index < -0.39 is 77.1 Å². The van der Waals surface area contributed by atoms with Crippen molar-refractivity contribution < 1.29 is 57.5 Å². The number of carboxylic acids is 3. The van der Waals surface area contributed by atoms with E-state index in [9.17, 15) is 44.1 Å². The molecule has 3 fully saturated rings. The number of carbonyl (C=O) groups is 5. The van der Waals surface area contributed by atoms with Crippen LogP contribution in [0.15, 0.2) is 35.3 Å². The van der Waals surface area contributed by atoms with Crippen molar-refractivity contribution in [3.05, 3.63) is 57.9 Å². The number of aromatic carboxylic acids is 1. The summed E-state index contributed by atoms with van der Waals surface area (Å²) in [6.07, 6.45) is 0.407. The van der Waals surface area contributed by atoms with Gasteiger partial charge in [0.15, 0.2) is 23.2 Å². The average molecular weight is 728 g/mol. The first-order valence-electron chi connectivity index (χ1n) is 16.5. The number of hydrogen-bond donors (Lipinski definition) is 4. The van der Waals surface area contributed by atoms with E-state index in [1.54, 1.807) is 4.57 Å². The second kappa shape index (κ2) is 14.1. The van der Waals surface area contributed by atoms with Crippen LogP contribution in [0, 0.1) is 23.0 Å². The van der Waals surface area contributed by atoms with Crippen molar-refractivity contribution >= 4 is 52.4 Å². The number of pyridine rings is 2. The van der Waals surface area contributed by atoms with Gasteiger partial charge in [0.1, 0.15) is 17.3 Å².